The van der Waals surface area contributed by atoms with Crippen molar-refractivity contribution in [2.45, 2.75) is 43.4 Å². The van der Waals surface area contributed by atoms with Crippen LogP contribution in [-0.2, 0) is 32.0 Å². The third-order valence-electron chi connectivity index (χ3n) is 4.98. The van der Waals surface area contributed by atoms with Gasteiger partial charge in [0.25, 0.3) is 0 Å². The van der Waals surface area contributed by atoms with Gasteiger partial charge in [-0.05, 0) is 18.4 Å². The Balaban J connectivity index is 2.17. The second-order valence-electron chi connectivity index (χ2n) is 7.65. The largest absolute Gasteiger partial charge is 0.480 e. The molecule has 0 aliphatic heterocycles. The number of aliphatic carboxylic acids is 1. The van der Waals surface area contributed by atoms with Crippen molar-refractivity contribution in [1.82, 2.24) is 35.9 Å². The fourth-order valence-corrected chi connectivity index (χ4v) is 3.69. The van der Waals surface area contributed by atoms with Crippen LogP contribution in [0.3, 0.4) is 0 Å². The number of hydrogen-bond acceptors (Lipinski definition) is 9. The SMILES string of the molecule is CSCCC(NC(=O)C(N)CS)C(=O)NC(Cc1cnc[nH]1)C(=O)NC(Cc1cnc[nH]1)C(=O)O. The Hall–Kier alpha value is -3.04. The van der Waals surface area contributed by atoms with Crippen LogP contribution in [0.15, 0.2) is 25.0 Å². The molecule has 192 valence electrons. The Morgan fingerprint density at radius 1 is 0.971 bits per heavy atom. The van der Waals surface area contributed by atoms with Gasteiger partial charge in [0.05, 0.1) is 18.7 Å². The molecule has 0 radical (unpaired) electrons. The number of thiol groups is 1. The molecule has 2 rings (SSSR count). The number of nitrogens with one attached hydrogen (secondary N) is 5. The summed E-state index contributed by atoms with van der Waals surface area (Å²) in [5.74, 6) is -2.43. The molecule has 15 heteroatoms. The van der Waals surface area contributed by atoms with E-state index in [-0.39, 0.29) is 18.6 Å². The van der Waals surface area contributed by atoms with E-state index in [0.717, 1.165) is 0 Å². The summed E-state index contributed by atoms with van der Waals surface area (Å²) < 4.78 is 0. The number of rotatable bonds is 15. The second kappa shape index (κ2) is 14.4. The Morgan fingerprint density at radius 2 is 1.49 bits per heavy atom. The van der Waals surface area contributed by atoms with Gasteiger partial charge in [-0.15, -0.1) is 0 Å². The number of carbonyl (C=O) groups is 4. The second-order valence-corrected chi connectivity index (χ2v) is 9.00. The molecule has 4 unspecified atom stereocenters. The Labute approximate surface area is 211 Å². The van der Waals surface area contributed by atoms with E-state index in [1.165, 1.54) is 36.8 Å². The van der Waals surface area contributed by atoms with Crippen molar-refractivity contribution >= 4 is 48.1 Å². The van der Waals surface area contributed by atoms with Crippen molar-refractivity contribution in [3.8, 4) is 0 Å². The molecular formula is C20H30N8O5S2. The van der Waals surface area contributed by atoms with Gasteiger partial charge in [-0.3, -0.25) is 14.4 Å². The molecule has 0 aliphatic carbocycles. The summed E-state index contributed by atoms with van der Waals surface area (Å²) in [5, 5.41) is 17.3. The van der Waals surface area contributed by atoms with E-state index in [2.05, 4.69) is 48.5 Å². The van der Waals surface area contributed by atoms with Gasteiger partial charge in [0.1, 0.15) is 18.1 Å². The van der Waals surface area contributed by atoms with Crippen LogP contribution >= 0.6 is 24.4 Å². The molecule has 13 nitrogen and oxygen atoms in total. The van der Waals surface area contributed by atoms with Crippen molar-refractivity contribution in [3.05, 3.63) is 36.4 Å². The average molecular weight is 527 g/mol. The lowest BCUT2D eigenvalue weighted by Gasteiger charge is -2.25. The summed E-state index contributed by atoms with van der Waals surface area (Å²) in [7, 11) is 0. The summed E-state index contributed by atoms with van der Waals surface area (Å²) in [5.41, 5.74) is 6.78. The molecule has 0 saturated carbocycles. The Morgan fingerprint density at radius 3 is 1.97 bits per heavy atom. The van der Waals surface area contributed by atoms with Crippen LogP contribution < -0.4 is 21.7 Å². The highest BCUT2D eigenvalue weighted by Crippen LogP contribution is 2.06. The van der Waals surface area contributed by atoms with Crippen molar-refractivity contribution < 1.29 is 24.3 Å². The maximum atomic E-state index is 13.1. The third kappa shape index (κ3) is 9.26. The first-order valence-electron chi connectivity index (χ1n) is 10.7. The highest BCUT2D eigenvalue weighted by Gasteiger charge is 2.30. The van der Waals surface area contributed by atoms with Crippen molar-refractivity contribution in [1.29, 1.82) is 0 Å². The van der Waals surface area contributed by atoms with Gasteiger partial charge in [-0.25, -0.2) is 14.8 Å². The number of nitrogens with two attached hydrogens (primary N) is 1. The van der Waals surface area contributed by atoms with E-state index >= 15 is 0 Å². The highest BCUT2D eigenvalue weighted by molar-refractivity contribution is 7.98. The molecule has 4 atom stereocenters. The van der Waals surface area contributed by atoms with Gasteiger partial charge < -0.3 is 36.8 Å². The number of aromatic amines is 2. The Kier molecular flexibility index (Phi) is 11.6. The van der Waals surface area contributed by atoms with Crippen LogP contribution in [0.2, 0.25) is 0 Å². The average Bonchev–Trinajstić information content (AvgIpc) is 3.54. The van der Waals surface area contributed by atoms with E-state index in [1.54, 1.807) is 0 Å². The third-order valence-corrected chi connectivity index (χ3v) is 6.02. The molecule has 35 heavy (non-hydrogen) atoms. The number of carboxylic acids is 1. The van der Waals surface area contributed by atoms with Gasteiger partial charge in [0.15, 0.2) is 0 Å². The topological polar surface area (TPSA) is 208 Å². The van der Waals surface area contributed by atoms with Crippen molar-refractivity contribution in [3.63, 3.8) is 0 Å². The van der Waals surface area contributed by atoms with E-state index in [0.29, 0.717) is 23.6 Å². The standard InChI is InChI=1S/C20H30N8O5S2/c1-35-3-2-14(26-17(29)13(21)8-34)18(30)27-15(4-11-6-22-9-24-11)19(31)28-16(20(32)33)5-12-7-23-10-25-12/h6-7,9-10,13-16,34H,2-5,8,21H2,1H3,(H,22,24)(H,23,25)(H,26,29)(H,27,30)(H,28,31)(H,32,33). The van der Waals surface area contributed by atoms with Crippen LogP contribution in [0.5, 0.6) is 0 Å². The molecule has 8 N–H and O–H groups in total. The summed E-state index contributed by atoms with van der Waals surface area (Å²) in [6.45, 7) is 0. The van der Waals surface area contributed by atoms with Crippen LogP contribution in [0, 0.1) is 0 Å². The zero-order chi connectivity index (χ0) is 25.8. The number of hydrogen-bond donors (Lipinski definition) is 8. The first-order valence-corrected chi connectivity index (χ1v) is 12.7. The van der Waals surface area contributed by atoms with Crippen LogP contribution in [0.25, 0.3) is 0 Å². The number of thioether (sulfide) groups is 1. The monoisotopic (exact) mass is 526 g/mol. The number of nitrogens with zero attached hydrogens (tertiary/aromatic N) is 2. The zero-order valence-corrected chi connectivity index (χ0v) is 20.8. The summed E-state index contributed by atoms with van der Waals surface area (Å²) in [4.78, 5) is 63.6. The van der Waals surface area contributed by atoms with Gasteiger partial charge in [0.2, 0.25) is 17.7 Å². The molecule has 0 aromatic carbocycles. The minimum atomic E-state index is -1.26. The van der Waals surface area contributed by atoms with E-state index in [9.17, 15) is 24.3 Å². The van der Waals surface area contributed by atoms with Gasteiger partial charge in [0, 0.05) is 42.4 Å². The van der Waals surface area contributed by atoms with Crippen LogP contribution in [-0.4, -0.2) is 90.7 Å². The lowest BCUT2D eigenvalue weighted by atomic mass is 10.1. The molecule has 0 spiro atoms. The molecule has 2 heterocycles. The fraction of sp³-hybridized carbons (Fsp3) is 0.500. The molecular weight excluding hydrogens is 496 g/mol. The van der Waals surface area contributed by atoms with Gasteiger partial charge in [-0.2, -0.15) is 24.4 Å². The quantitative estimate of drug-likeness (QED) is 0.126. The molecule has 0 saturated heterocycles. The minimum absolute atomic E-state index is 0.0211. The van der Waals surface area contributed by atoms with Crippen LogP contribution in [0.1, 0.15) is 17.8 Å². The maximum Gasteiger partial charge on any atom is 0.326 e. The summed E-state index contributed by atoms with van der Waals surface area (Å²) >= 11 is 5.49. The number of aromatic nitrogens is 4. The van der Waals surface area contributed by atoms with Crippen molar-refractivity contribution in [2.75, 3.05) is 17.8 Å². The molecule has 0 bridgehead atoms. The van der Waals surface area contributed by atoms with E-state index in [4.69, 9.17) is 5.73 Å². The first-order chi connectivity index (χ1) is 16.7. The minimum Gasteiger partial charge on any atom is -0.480 e. The molecule has 0 fully saturated rings. The van der Waals surface area contributed by atoms with Gasteiger partial charge >= 0.3 is 5.97 Å². The normalized spacial score (nSPS) is 14.4. The molecule has 2 aromatic heterocycles. The smallest absolute Gasteiger partial charge is 0.326 e. The summed E-state index contributed by atoms with van der Waals surface area (Å²) in [6, 6.07) is -4.24. The zero-order valence-electron chi connectivity index (χ0n) is 19.1. The first kappa shape index (κ1) is 28.2. The summed E-state index contributed by atoms with van der Waals surface area (Å²) in [6.07, 6.45) is 7.92. The predicted octanol–water partition coefficient (Wildman–Crippen LogP) is -1.53. The number of carboxylic acid groups (broad SMARTS) is 1. The molecule has 3 amide bonds. The lowest BCUT2D eigenvalue weighted by Crippen LogP contribution is -2.58. The maximum absolute atomic E-state index is 13.1. The van der Waals surface area contributed by atoms with Crippen LogP contribution in [0.4, 0.5) is 0 Å². The molecule has 0 aliphatic rings. The van der Waals surface area contributed by atoms with Gasteiger partial charge in [-0.1, -0.05) is 0 Å². The number of carbonyl (C=O) groups excluding carboxylic acids is 3. The number of H-pyrrole nitrogens is 2. The Bertz CT molecular complexity index is 957. The predicted molar refractivity (Wildman–Crippen MR) is 133 cm³/mol. The fourth-order valence-electron chi connectivity index (χ4n) is 3.05. The lowest BCUT2D eigenvalue weighted by molar-refractivity contribution is -0.142. The molecule has 2 aromatic rings. The number of imidazole rings is 2. The number of amides is 3. The van der Waals surface area contributed by atoms with E-state index in [1.807, 2.05) is 6.26 Å². The highest BCUT2D eigenvalue weighted by atomic mass is 32.2. The van der Waals surface area contributed by atoms with Crippen molar-refractivity contribution in [2.24, 2.45) is 5.73 Å². The van der Waals surface area contributed by atoms with E-state index < -0.39 is 47.9 Å².